The molecule has 0 bridgehead atoms. The Labute approximate surface area is 195 Å². The fourth-order valence-electron chi connectivity index (χ4n) is 3.38. The topological polar surface area (TPSA) is 67.9 Å². The van der Waals surface area contributed by atoms with E-state index < -0.39 is 18.0 Å². The summed E-state index contributed by atoms with van der Waals surface area (Å²) < 4.78 is 26.3. The van der Waals surface area contributed by atoms with Gasteiger partial charge in [0.2, 0.25) is 5.91 Å². The van der Waals surface area contributed by atoms with E-state index in [-0.39, 0.29) is 19.0 Å². The summed E-state index contributed by atoms with van der Waals surface area (Å²) in [5.74, 6) is 0.338. The Bertz CT molecular complexity index is 1050. The largest absolute Gasteiger partial charge is 0.496 e. The molecule has 2 amide bonds. The van der Waals surface area contributed by atoms with Crippen LogP contribution in [0.5, 0.6) is 5.75 Å². The van der Waals surface area contributed by atoms with Crippen LogP contribution in [0.3, 0.4) is 0 Å². The molecule has 0 saturated carbocycles. The first-order chi connectivity index (χ1) is 15.2. The molecule has 3 rings (SSSR count). The molecule has 1 aliphatic heterocycles. The second-order valence-electron chi connectivity index (χ2n) is 7.87. The second kappa shape index (κ2) is 10.2. The van der Waals surface area contributed by atoms with Gasteiger partial charge in [-0.05, 0) is 47.9 Å². The molecule has 0 aliphatic carbocycles. The predicted molar refractivity (Wildman–Crippen MR) is 127 cm³/mol. The highest BCUT2D eigenvalue weighted by molar-refractivity contribution is 9.15. The molecule has 2 aromatic carbocycles. The number of anilines is 1. The number of methoxy groups -OCH3 is 1. The van der Waals surface area contributed by atoms with Crippen molar-refractivity contribution in [3.8, 4) is 5.75 Å². The van der Waals surface area contributed by atoms with Crippen molar-refractivity contribution in [2.75, 3.05) is 25.1 Å². The van der Waals surface area contributed by atoms with E-state index in [0.29, 0.717) is 27.4 Å². The van der Waals surface area contributed by atoms with Gasteiger partial charge in [-0.25, -0.2) is 9.18 Å². The van der Waals surface area contributed by atoms with Gasteiger partial charge in [0.15, 0.2) is 0 Å². The zero-order chi connectivity index (χ0) is 23.4. The Hall–Kier alpha value is -2.87. The van der Waals surface area contributed by atoms with Crippen LogP contribution < -0.4 is 15.0 Å². The maximum atomic E-state index is 14.9. The number of rotatable bonds is 7. The first kappa shape index (κ1) is 23.8. The van der Waals surface area contributed by atoms with Crippen LogP contribution in [-0.2, 0) is 9.53 Å². The molecule has 8 heteroatoms. The number of cyclic esters (lactones) is 1. The number of amides is 2. The minimum Gasteiger partial charge on any atom is -0.496 e. The Morgan fingerprint density at radius 1 is 1.34 bits per heavy atom. The zero-order valence-electron chi connectivity index (χ0n) is 18.4. The smallest absolute Gasteiger partial charge is 0.414 e. The van der Waals surface area contributed by atoms with Gasteiger partial charge in [-0.1, -0.05) is 35.8 Å². The molecular formula is C24H26BrFN2O4. The minimum atomic E-state index is -0.570. The van der Waals surface area contributed by atoms with E-state index in [4.69, 9.17) is 9.47 Å². The average molecular weight is 505 g/mol. The highest BCUT2D eigenvalue weighted by Gasteiger charge is 2.32. The lowest BCUT2D eigenvalue weighted by molar-refractivity contribution is -0.119. The Kier molecular flexibility index (Phi) is 7.56. The molecule has 1 aliphatic rings. The van der Waals surface area contributed by atoms with E-state index >= 15 is 0 Å². The van der Waals surface area contributed by atoms with Gasteiger partial charge in [0.05, 0.1) is 25.9 Å². The van der Waals surface area contributed by atoms with Gasteiger partial charge in [0, 0.05) is 22.5 Å². The summed E-state index contributed by atoms with van der Waals surface area (Å²) in [5.41, 5.74) is 2.72. The maximum absolute atomic E-state index is 14.9. The first-order valence-corrected chi connectivity index (χ1v) is 11.1. The molecular weight excluding hydrogens is 479 g/mol. The molecule has 32 heavy (non-hydrogen) atoms. The van der Waals surface area contributed by atoms with Crippen LogP contribution in [0.1, 0.15) is 43.4 Å². The van der Waals surface area contributed by atoms with Crippen molar-refractivity contribution in [1.29, 1.82) is 0 Å². The molecule has 0 unspecified atom stereocenters. The van der Waals surface area contributed by atoms with E-state index in [1.165, 1.54) is 17.9 Å². The van der Waals surface area contributed by atoms with Crippen LogP contribution >= 0.6 is 15.9 Å². The molecule has 0 radical (unpaired) electrons. The normalized spacial score (nSPS) is 16.3. The Balaban J connectivity index is 1.83. The number of nitrogens with one attached hydrogen (secondary N) is 1. The third kappa shape index (κ3) is 5.48. The van der Waals surface area contributed by atoms with Crippen molar-refractivity contribution in [2.45, 2.75) is 32.8 Å². The quantitative estimate of drug-likeness (QED) is 0.518. The van der Waals surface area contributed by atoms with E-state index in [0.717, 1.165) is 11.1 Å². The van der Waals surface area contributed by atoms with Gasteiger partial charge < -0.3 is 14.8 Å². The lowest BCUT2D eigenvalue weighted by atomic mass is 9.99. The molecule has 2 aromatic rings. The summed E-state index contributed by atoms with van der Waals surface area (Å²) in [4.78, 5) is 24.6. The monoisotopic (exact) mass is 504 g/mol. The van der Waals surface area contributed by atoms with Crippen LogP contribution in [0.2, 0.25) is 0 Å². The molecule has 6 nitrogen and oxygen atoms in total. The summed E-state index contributed by atoms with van der Waals surface area (Å²) in [7, 11) is 1.60. The minimum absolute atomic E-state index is 0.206. The van der Waals surface area contributed by atoms with Gasteiger partial charge in [-0.3, -0.25) is 9.69 Å². The van der Waals surface area contributed by atoms with Gasteiger partial charge in [0.1, 0.15) is 17.7 Å². The highest BCUT2D eigenvalue weighted by atomic mass is 79.9. The van der Waals surface area contributed by atoms with Crippen LogP contribution in [0.25, 0.3) is 10.6 Å². The van der Waals surface area contributed by atoms with Gasteiger partial charge in [0.25, 0.3) is 0 Å². The van der Waals surface area contributed by atoms with Crippen LogP contribution in [0, 0.1) is 5.82 Å². The predicted octanol–water partition coefficient (Wildman–Crippen LogP) is 5.31. The van der Waals surface area contributed by atoms with Gasteiger partial charge in [-0.15, -0.1) is 0 Å². The number of carbonyl (C=O) groups is 2. The lowest BCUT2D eigenvalue weighted by Gasteiger charge is -2.15. The number of ether oxygens (including phenoxy) is 2. The number of nitrogens with zero attached hydrogens (tertiary/aromatic N) is 1. The van der Waals surface area contributed by atoms with E-state index in [1.807, 2.05) is 18.2 Å². The number of benzene rings is 2. The summed E-state index contributed by atoms with van der Waals surface area (Å²) >= 11 is 3.56. The van der Waals surface area contributed by atoms with Crippen molar-refractivity contribution in [3.63, 3.8) is 0 Å². The molecule has 0 spiro atoms. The number of hydrogen-bond acceptors (Lipinski definition) is 4. The summed E-state index contributed by atoms with van der Waals surface area (Å²) in [6.45, 7) is 6.04. The zero-order valence-corrected chi connectivity index (χ0v) is 20.0. The van der Waals surface area contributed by atoms with E-state index in [1.54, 1.807) is 25.3 Å². The Morgan fingerprint density at radius 2 is 2.09 bits per heavy atom. The molecule has 1 N–H and O–H groups in total. The molecule has 1 heterocycles. The average Bonchev–Trinajstić information content (AvgIpc) is 3.13. The fourth-order valence-corrected chi connectivity index (χ4v) is 3.94. The number of halogens is 2. The van der Waals surface area contributed by atoms with Crippen molar-refractivity contribution >= 4 is 44.2 Å². The third-order valence-corrected chi connectivity index (χ3v) is 5.83. The van der Waals surface area contributed by atoms with Crippen LogP contribution in [-0.4, -0.2) is 38.3 Å². The molecule has 1 atom stereocenters. The molecule has 1 saturated heterocycles. The Morgan fingerprint density at radius 3 is 2.72 bits per heavy atom. The molecule has 170 valence electrons. The SMILES string of the molecule is COc1ccc(C(C)C)cc1/C(Br)=C/c1ccc(N2C[C@H](CNC(C)=O)OC2=O)cc1F. The van der Waals surface area contributed by atoms with Crippen molar-refractivity contribution < 1.29 is 23.5 Å². The van der Waals surface area contributed by atoms with Crippen LogP contribution in [0.15, 0.2) is 36.4 Å². The van der Waals surface area contributed by atoms with Gasteiger partial charge in [-0.2, -0.15) is 0 Å². The van der Waals surface area contributed by atoms with Crippen LogP contribution in [0.4, 0.5) is 14.9 Å². The molecule has 0 aromatic heterocycles. The fraction of sp³-hybridized carbons (Fsp3) is 0.333. The number of hydrogen-bond donors (Lipinski definition) is 1. The van der Waals surface area contributed by atoms with E-state index in [2.05, 4.69) is 35.1 Å². The summed E-state index contributed by atoms with van der Waals surface area (Å²) in [6, 6.07) is 10.5. The first-order valence-electron chi connectivity index (χ1n) is 10.3. The second-order valence-corrected chi connectivity index (χ2v) is 8.72. The number of carbonyl (C=O) groups excluding carboxylic acids is 2. The molecule has 1 fully saturated rings. The highest BCUT2D eigenvalue weighted by Crippen LogP contribution is 2.35. The lowest BCUT2D eigenvalue weighted by Crippen LogP contribution is -2.33. The van der Waals surface area contributed by atoms with Crippen molar-refractivity contribution in [1.82, 2.24) is 5.32 Å². The van der Waals surface area contributed by atoms with Crippen molar-refractivity contribution in [2.24, 2.45) is 0 Å². The summed E-state index contributed by atoms with van der Waals surface area (Å²) in [5, 5.41) is 2.62. The third-order valence-electron chi connectivity index (χ3n) is 5.18. The summed E-state index contributed by atoms with van der Waals surface area (Å²) in [6.07, 6.45) is 0.631. The van der Waals surface area contributed by atoms with E-state index in [9.17, 15) is 14.0 Å². The van der Waals surface area contributed by atoms with Crippen molar-refractivity contribution in [3.05, 3.63) is 58.9 Å². The maximum Gasteiger partial charge on any atom is 0.414 e. The standard InChI is InChI=1S/C24H26BrFN2O4/c1-14(2)16-6-8-23(31-4)20(9-16)21(25)10-17-5-7-18(11-22(17)26)28-13-19(32-24(28)30)12-27-15(3)29/h5-11,14,19H,12-13H2,1-4H3,(H,27,29)/b21-10-/t19-/m0/s1. The van der Waals surface area contributed by atoms with Gasteiger partial charge >= 0.3 is 6.09 Å².